The van der Waals surface area contributed by atoms with Crippen molar-refractivity contribution in [2.45, 2.75) is 31.1 Å². The van der Waals surface area contributed by atoms with Gasteiger partial charge in [0.05, 0.1) is 4.90 Å². The summed E-state index contributed by atoms with van der Waals surface area (Å²) < 4.78 is 28.2. The SMILES string of the molecule is C[C@@H]1CCc2sc(C(=O)OCC(=O)Nc3cccc(S(C)(=O)=O)c3)cc2C1. The van der Waals surface area contributed by atoms with Crippen molar-refractivity contribution in [2.75, 3.05) is 18.2 Å². The highest BCUT2D eigenvalue weighted by molar-refractivity contribution is 7.90. The Morgan fingerprint density at radius 2 is 2.07 bits per heavy atom. The van der Waals surface area contributed by atoms with Gasteiger partial charge in [-0.25, -0.2) is 13.2 Å². The molecule has 1 aliphatic carbocycles. The molecule has 0 unspecified atom stereocenters. The van der Waals surface area contributed by atoms with Crippen LogP contribution in [0.3, 0.4) is 0 Å². The van der Waals surface area contributed by atoms with Gasteiger partial charge in [0.25, 0.3) is 5.91 Å². The number of amides is 1. The first-order chi connectivity index (χ1) is 12.7. The van der Waals surface area contributed by atoms with Crippen molar-refractivity contribution in [1.29, 1.82) is 0 Å². The van der Waals surface area contributed by atoms with Crippen LogP contribution < -0.4 is 5.32 Å². The third-order valence-corrected chi connectivity index (χ3v) is 6.74. The molecule has 1 aromatic carbocycles. The third-order valence-electron chi connectivity index (χ3n) is 4.41. The largest absolute Gasteiger partial charge is 0.451 e. The molecule has 1 N–H and O–H groups in total. The summed E-state index contributed by atoms with van der Waals surface area (Å²) in [5.41, 5.74) is 1.53. The maximum Gasteiger partial charge on any atom is 0.348 e. The van der Waals surface area contributed by atoms with Gasteiger partial charge in [0, 0.05) is 16.8 Å². The summed E-state index contributed by atoms with van der Waals surface area (Å²) in [6.45, 7) is 1.77. The zero-order chi connectivity index (χ0) is 19.6. The lowest BCUT2D eigenvalue weighted by atomic mass is 9.90. The summed E-state index contributed by atoms with van der Waals surface area (Å²) >= 11 is 1.43. The van der Waals surface area contributed by atoms with E-state index in [1.54, 1.807) is 6.07 Å². The summed E-state index contributed by atoms with van der Waals surface area (Å²) in [6, 6.07) is 7.79. The fourth-order valence-electron chi connectivity index (χ4n) is 3.01. The number of carbonyl (C=O) groups excluding carboxylic acids is 2. The Hall–Kier alpha value is -2.19. The van der Waals surface area contributed by atoms with Crippen LogP contribution in [-0.4, -0.2) is 33.2 Å². The van der Waals surface area contributed by atoms with Gasteiger partial charge >= 0.3 is 5.97 Å². The molecule has 0 fully saturated rings. The molecule has 0 saturated carbocycles. The molecule has 0 bridgehead atoms. The number of anilines is 1. The molecule has 0 spiro atoms. The fourth-order valence-corrected chi connectivity index (χ4v) is 4.78. The van der Waals surface area contributed by atoms with Gasteiger partial charge in [0.15, 0.2) is 16.4 Å². The lowest BCUT2D eigenvalue weighted by Gasteiger charge is -2.16. The number of hydrogen-bond donors (Lipinski definition) is 1. The molecule has 0 aliphatic heterocycles. The third kappa shape index (κ3) is 4.95. The lowest BCUT2D eigenvalue weighted by Crippen LogP contribution is -2.20. The summed E-state index contributed by atoms with van der Waals surface area (Å²) in [6.07, 6.45) is 4.16. The number of rotatable bonds is 5. The van der Waals surface area contributed by atoms with E-state index in [0.29, 0.717) is 16.5 Å². The quantitative estimate of drug-likeness (QED) is 0.770. The molecule has 144 valence electrons. The highest BCUT2D eigenvalue weighted by Crippen LogP contribution is 2.32. The average molecular weight is 408 g/mol. The normalized spacial score (nSPS) is 16.4. The van der Waals surface area contributed by atoms with Crippen molar-refractivity contribution in [1.82, 2.24) is 0 Å². The zero-order valence-corrected chi connectivity index (χ0v) is 16.8. The Balaban J connectivity index is 1.57. The van der Waals surface area contributed by atoms with E-state index in [1.165, 1.54) is 40.0 Å². The maximum atomic E-state index is 12.2. The molecule has 1 heterocycles. The van der Waals surface area contributed by atoms with Gasteiger partial charge in [0.2, 0.25) is 0 Å². The fraction of sp³-hybridized carbons (Fsp3) is 0.368. The molecule has 2 aromatic rings. The van der Waals surface area contributed by atoms with E-state index in [1.807, 2.05) is 6.07 Å². The molecular formula is C19H21NO5S2. The number of fused-ring (bicyclic) bond motifs is 1. The van der Waals surface area contributed by atoms with Crippen LogP contribution in [0, 0.1) is 5.92 Å². The van der Waals surface area contributed by atoms with Gasteiger partial charge in [0.1, 0.15) is 4.88 Å². The zero-order valence-electron chi connectivity index (χ0n) is 15.2. The van der Waals surface area contributed by atoms with Crippen molar-refractivity contribution in [3.8, 4) is 0 Å². The van der Waals surface area contributed by atoms with E-state index in [2.05, 4.69) is 12.2 Å². The molecule has 0 saturated heterocycles. The summed E-state index contributed by atoms with van der Waals surface area (Å²) in [4.78, 5) is 26.1. The number of sulfone groups is 1. The van der Waals surface area contributed by atoms with E-state index in [4.69, 9.17) is 4.74 Å². The minimum atomic E-state index is -3.36. The molecule has 0 radical (unpaired) electrons. The second-order valence-electron chi connectivity index (χ2n) is 6.83. The molecule has 8 heteroatoms. The van der Waals surface area contributed by atoms with Crippen LogP contribution in [0.15, 0.2) is 35.2 Å². The van der Waals surface area contributed by atoms with Crippen molar-refractivity contribution < 1.29 is 22.7 Å². The molecule has 1 aliphatic rings. The molecule has 1 aromatic heterocycles. The van der Waals surface area contributed by atoms with Crippen LogP contribution in [0.25, 0.3) is 0 Å². The second-order valence-corrected chi connectivity index (χ2v) is 9.98. The molecule has 1 atom stereocenters. The van der Waals surface area contributed by atoms with Gasteiger partial charge in [-0.05, 0) is 55.0 Å². The van der Waals surface area contributed by atoms with E-state index in [0.717, 1.165) is 25.5 Å². The van der Waals surface area contributed by atoms with Gasteiger partial charge < -0.3 is 10.1 Å². The highest BCUT2D eigenvalue weighted by Gasteiger charge is 2.21. The van der Waals surface area contributed by atoms with E-state index in [9.17, 15) is 18.0 Å². The average Bonchev–Trinajstić information content (AvgIpc) is 3.02. The standard InChI is InChI=1S/C19H21NO5S2/c1-12-6-7-16-13(8-12)9-17(26-16)19(22)25-11-18(21)20-14-4-3-5-15(10-14)27(2,23)24/h3-5,9-10,12H,6-8,11H2,1-2H3,(H,20,21)/t12-/m1/s1. The summed E-state index contributed by atoms with van der Waals surface area (Å²) in [7, 11) is -3.36. The number of benzene rings is 1. The lowest BCUT2D eigenvalue weighted by molar-refractivity contribution is -0.119. The van der Waals surface area contributed by atoms with E-state index in [-0.39, 0.29) is 4.90 Å². The number of aryl methyl sites for hydroxylation is 1. The van der Waals surface area contributed by atoms with Crippen molar-refractivity contribution in [2.24, 2.45) is 5.92 Å². The predicted octanol–water partition coefficient (Wildman–Crippen LogP) is 3.07. The molecule has 27 heavy (non-hydrogen) atoms. The van der Waals surface area contributed by atoms with E-state index < -0.39 is 28.3 Å². The van der Waals surface area contributed by atoms with Gasteiger partial charge in [-0.3, -0.25) is 4.79 Å². The summed E-state index contributed by atoms with van der Waals surface area (Å²) in [5.74, 6) is -0.421. The number of hydrogen-bond acceptors (Lipinski definition) is 6. The van der Waals surface area contributed by atoms with Crippen molar-refractivity contribution >= 4 is 38.7 Å². The van der Waals surface area contributed by atoms with Gasteiger partial charge in [-0.1, -0.05) is 13.0 Å². The van der Waals surface area contributed by atoms with Gasteiger partial charge in [-0.15, -0.1) is 11.3 Å². The maximum absolute atomic E-state index is 12.2. The molecule has 3 rings (SSSR count). The monoisotopic (exact) mass is 407 g/mol. The Labute approximate surface area is 162 Å². The predicted molar refractivity (Wildman–Crippen MR) is 104 cm³/mol. The topological polar surface area (TPSA) is 89.5 Å². The van der Waals surface area contributed by atoms with E-state index >= 15 is 0 Å². The van der Waals surface area contributed by atoms with Crippen LogP contribution in [0.4, 0.5) is 5.69 Å². The first kappa shape index (κ1) is 19.6. The second kappa shape index (κ2) is 7.82. The van der Waals surface area contributed by atoms with Gasteiger partial charge in [-0.2, -0.15) is 0 Å². The molecular weight excluding hydrogens is 386 g/mol. The highest BCUT2D eigenvalue weighted by atomic mass is 32.2. The Kier molecular flexibility index (Phi) is 5.67. The number of thiophene rings is 1. The Bertz CT molecular complexity index is 978. The first-order valence-electron chi connectivity index (χ1n) is 8.61. The first-order valence-corrected chi connectivity index (χ1v) is 11.3. The smallest absolute Gasteiger partial charge is 0.348 e. The molecule has 1 amide bonds. The van der Waals surface area contributed by atoms with Crippen LogP contribution >= 0.6 is 11.3 Å². The van der Waals surface area contributed by atoms with Crippen LogP contribution in [0.2, 0.25) is 0 Å². The van der Waals surface area contributed by atoms with Crippen LogP contribution in [-0.2, 0) is 32.2 Å². The molecule has 6 nitrogen and oxygen atoms in total. The number of esters is 1. The Morgan fingerprint density at radius 1 is 1.30 bits per heavy atom. The number of nitrogens with one attached hydrogen (secondary N) is 1. The number of ether oxygens (including phenoxy) is 1. The minimum Gasteiger partial charge on any atom is -0.451 e. The van der Waals surface area contributed by atoms with Crippen LogP contribution in [0.5, 0.6) is 0 Å². The van der Waals surface area contributed by atoms with Crippen LogP contribution in [0.1, 0.15) is 33.5 Å². The van der Waals surface area contributed by atoms with Crippen molar-refractivity contribution in [3.05, 3.63) is 45.6 Å². The Morgan fingerprint density at radius 3 is 2.81 bits per heavy atom. The summed E-state index contributed by atoms with van der Waals surface area (Å²) in [5, 5.41) is 2.54. The number of carbonyl (C=O) groups is 2. The minimum absolute atomic E-state index is 0.107. The van der Waals surface area contributed by atoms with Crippen molar-refractivity contribution in [3.63, 3.8) is 0 Å².